The molecule has 0 aliphatic carbocycles. The largest absolute Gasteiger partial charge is 0.457 e. The molecule has 3 aromatic carbocycles. The number of benzene rings is 3. The Morgan fingerprint density at radius 3 is 2.38 bits per heavy atom. The van der Waals surface area contributed by atoms with Gasteiger partial charge in [-0.3, -0.25) is 4.79 Å². The monoisotopic (exact) mass is 449 g/mol. The predicted molar refractivity (Wildman–Crippen MR) is 122 cm³/mol. The van der Waals surface area contributed by atoms with E-state index in [9.17, 15) is 9.18 Å². The van der Waals surface area contributed by atoms with Crippen LogP contribution in [0.25, 0.3) is 11.4 Å². The van der Waals surface area contributed by atoms with Gasteiger partial charge in [-0.2, -0.15) is 0 Å². The predicted octanol–water partition coefficient (Wildman–Crippen LogP) is 4.71. The molecule has 0 bridgehead atoms. The first kappa shape index (κ1) is 21.4. The summed E-state index contributed by atoms with van der Waals surface area (Å²) in [5, 5.41) is 10.6. The molecule has 1 aromatic heterocycles. The minimum atomic E-state index is -0.518. The van der Waals surface area contributed by atoms with Crippen molar-refractivity contribution in [3.63, 3.8) is 0 Å². The van der Waals surface area contributed by atoms with E-state index in [4.69, 9.17) is 10.6 Å². The van der Waals surface area contributed by atoms with E-state index < -0.39 is 11.1 Å². The summed E-state index contributed by atoms with van der Waals surface area (Å²) in [5.41, 5.74) is 0.869. The van der Waals surface area contributed by atoms with Crippen LogP contribution in [0.15, 0.2) is 84.0 Å². The topological polar surface area (TPSA) is 95.1 Å². The maximum atomic E-state index is 14.0. The number of halogens is 1. The number of para-hydroxylation sites is 1. The van der Waals surface area contributed by atoms with Gasteiger partial charge in [0.05, 0.1) is 10.8 Å². The molecule has 3 N–H and O–H groups in total. The van der Waals surface area contributed by atoms with E-state index in [2.05, 4.69) is 15.5 Å². The van der Waals surface area contributed by atoms with Crippen LogP contribution in [0.4, 0.5) is 10.1 Å². The van der Waals surface area contributed by atoms with Gasteiger partial charge < -0.3 is 15.9 Å². The lowest BCUT2D eigenvalue weighted by molar-refractivity contribution is -0.115. The Kier molecular flexibility index (Phi) is 6.37. The van der Waals surface area contributed by atoms with Crippen LogP contribution in [0.3, 0.4) is 0 Å². The molecule has 7 nitrogen and oxygen atoms in total. The van der Waals surface area contributed by atoms with E-state index in [0.29, 0.717) is 16.6 Å². The van der Waals surface area contributed by atoms with Crippen molar-refractivity contribution >= 4 is 23.4 Å². The van der Waals surface area contributed by atoms with E-state index in [-0.39, 0.29) is 17.3 Å². The maximum Gasteiger partial charge on any atom is 0.237 e. The molecule has 0 saturated heterocycles. The molecule has 9 heteroatoms. The Bertz CT molecular complexity index is 1210. The van der Waals surface area contributed by atoms with E-state index >= 15 is 0 Å². The summed E-state index contributed by atoms with van der Waals surface area (Å²) >= 11 is 1.13. The van der Waals surface area contributed by atoms with Gasteiger partial charge in [0.2, 0.25) is 11.1 Å². The highest BCUT2D eigenvalue weighted by Gasteiger charge is 2.21. The number of nitrogens with zero attached hydrogens (tertiary/aromatic N) is 3. The van der Waals surface area contributed by atoms with Crippen molar-refractivity contribution in [2.45, 2.75) is 17.3 Å². The number of rotatable bonds is 7. The fourth-order valence-corrected chi connectivity index (χ4v) is 3.64. The number of anilines is 1. The molecule has 0 saturated carbocycles. The molecule has 4 rings (SSSR count). The molecule has 0 aliphatic rings. The van der Waals surface area contributed by atoms with Crippen molar-refractivity contribution in [2.75, 3.05) is 11.2 Å². The normalized spacial score (nSPS) is 11.7. The first-order chi connectivity index (χ1) is 15.5. The minimum Gasteiger partial charge on any atom is -0.457 e. The second kappa shape index (κ2) is 9.52. The Morgan fingerprint density at radius 1 is 1.00 bits per heavy atom. The molecule has 32 heavy (non-hydrogen) atoms. The highest BCUT2D eigenvalue weighted by Crippen LogP contribution is 2.27. The number of hydrogen-bond donors (Lipinski definition) is 2. The quantitative estimate of drug-likeness (QED) is 0.313. The van der Waals surface area contributed by atoms with Crippen LogP contribution >= 0.6 is 11.8 Å². The van der Waals surface area contributed by atoms with Gasteiger partial charge in [0.25, 0.3) is 0 Å². The molecule has 1 amide bonds. The summed E-state index contributed by atoms with van der Waals surface area (Å²) < 4.78 is 21.0. The molecule has 0 aliphatic heterocycles. The molecule has 0 radical (unpaired) electrons. The fourth-order valence-electron chi connectivity index (χ4n) is 2.87. The van der Waals surface area contributed by atoms with Crippen LogP contribution in [-0.4, -0.2) is 26.0 Å². The van der Waals surface area contributed by atoms with E-state index in [1.165, 1.54) is 10.7 Å². The number of nitrogens with one attached hydrogen (secondary N) is 1. The summed E-state index contributed by atoms with van der Waals surface area (Å²) in [4.78, 5) is 12.6. The fraction of sp³-hybridized carbons (Fsp3) is 0.0870. The van der Waals surface area contributed by atoms with E-state index in [0.717, 1.165) is 17.5 Å². The Morgan fingerprint density at radius 2 is 1.66 bits per heavy atom. The molecule has 0 unspecified atom stereocenters. The molecular formula is C23H20FN5O2S. The van der Waals surface area contributed by atoms with Crippen LogP contribution in [-0.2, 0) is 4.79 Å². The summed E-state index contributed by atoms with van der Waals surface area (Å²) in [6, 6.07) is 22.7. The number of amides is 1. The zero-order chi connectivity index (χ0) is 22.5. The lowest BCUT2D eigenvalue weighted by Gasteiger charge is -2.12. The van der Waals surface area contributed by atoms with Crippen molar-refractivity contribution < 1.29 is 13.9 Å². The number of nitrogen functional groups attached to an aromatic ring is 1. The highest BCUT2D eigenvalue weighted by molar-refractivity contribution is 8.00. The van der Waals surface area contributed by atoms with Crippen LogP contribution in [0, 0.1) is 5.82 Å². The van der Waals surface area contributed by atoms with E-state index in [1.807, 2.05) is 30.3 Å². The summed E-state index contributed by atoms with van der Waals surface area (Å²) in [6.07, 6.45) is 0. The number of carbonyl (C=O) groups is 1. The lowest BCUT2D eigenvalue weighted by Crippen LogP contribution is -2.23. The molecule has 4 aromatic rings. The smallest absolute Gasteiger partial charge is 0.237 e. The summed E-state index contributed by atoms with van der Waals surface area (Å²) in [5.74, 6) is 6.94. The average molecular weight is 450 g/mol. The third-order valence-electron chi connectivity index (χ3n) is 4.53. The number of thioether (sulfide) groups is 1. The number of aromatic nitrogens is 3. The summed E-state index contributed by atoms with van der Waals surface area (Å²) in [7, 11) is 0. The Balaban J connectivity index is 1.38. The number of nitrogens with two attached hydrogens (primary N) is 1. The van der Waals surface area contributed by atoms with Crippen LogP contribution < -0.4 is 15.9 Å². The lowest BCUT2D eigenvalue weighted by atomic mass is 10.2. The Hall–Kier alpha value is -3.85. The first-order valence-electron chi connectivity index (χ1n) is 9.77. The molecule has 1 heterocycles. The van der Waals surface area contributed by atoms with E-state index in [1.54, 1.807) is 49.4 Å². The first-order valence-corrected chi connectivity index (χ1v) is 10.6. The van der Waals surface area contributed by atoms with Gasteiger partial charge in [0.1, 0.15) is 17.3 Å². The number of hydrogen-bond acceptors (Lipinski definition) is 6. The van der Waals surface area contributed by atoms with Gasteiger partial charge in [-0.05, 0) is 55.5 Å². The van der Waals surface area contributed by atoms with Crippen molar-refractivity contribution in [3.05, 3.63) is 84.7 Å². The van der Waals surface area contributed by atoms with Crippen molar-refractivity contribution in [3.8, 4) is 22.9 Å². The van der Waals surface area contributed by atoms with Gasteiger partial charge >= 0.3 is 0 Å². The SMILES string of the molecule is C[C@H](Sc1nnc(-c2ccccc2F)n1N)C(=O)Nc1ccc(Oc2ccccc2)cc1. The van der Waals surface area contributed by atoms with Gasteiger partial charge in [-0.15, -0.1) is 10.2 Å². The van der Waals surface area contributed by atoms with Gasteiger partial charge in [-0.1, -0.05) is 42.1 Å². The third kappa shape index (κ3) is 4.89. The van der Waals surface area contributed by atoms with Gasteiger partial charge in [0.15, 0.2) is 5.82 Å². The minimum absolute atomic E-state index is 0.187. The zero-order valence-corrected chi connectivity index (χ0v) is 17.9. The maximum absolute atomic E-state index is 14.0. The number of ether oxygens (including phenoxy) is 1. The standard InChI is InChI=1S/C23H20FN5O2S/c1-15(32-23-28-27-21(29(23)25)19-9-5-6-10-20(19)24)22(30)26-16-11-13-18(14-12-16)31-17-7-3-2-4-8-17/h2-15H,25H2,1H3,(H,26,30)/t15-/m0/s1. The van der Waals surface area contributed by atoms with Crippen LogP contribution in [0.5, 0.6) is 11.5 Å². The van der Waals surface area contributed by atoms with Gasteiger partial charge in [0, 0.05) is 5.69 Å². The Labute approximate surface area is 188 Å². The molecule has 1 atom stereocenters. The van der Waals surface area contributed by atoms with Crippen LogP contribution in [0.2, 0.25) is 0 Å². The molecular weight excluding hydrogens is 429 g/mol. The third-order valence-corrected chi connectivity index (χ3v) is 5.59. The highest BCUT2D eigenvalue weighted by atomic mass is 32.2. The molecule has 162 valence electrons. The van der Waals surface area contributed by atoms with Crippen LogP contribution in [0.1, 0.15) is 6.92 Å². The van der Waals surface area contributed by atoms with Crippen molar-refractivity contribution in [1.29, 1.82) is 0 Å². The van der Waals surface area contributed by atoms with Gasteiger partial charge in [-0.25, -0.2) is 9.07 Å². The van der Waals surface area contributed by atoms with Crippen molar-refractivity contribution in [1.82, 2.24) is 14.9 Å². The second-order valence-electron chi connectivity index (χ2n) is 6.84. The number of carbonyl (C=O) groups excluding carboxylic acids is 1. The second-order valence-corrected chi connectivity index (χ2v) is 8.15. The summed E-state index contributed by atoms with van der Waals surface area (Å²) in [6.45, 7) is 1.73. The molecule has 0 spiro atoms. The zero-order valence-electron chi connectivity index (χ0n) is 17.1. The molecule has 0 fully saturated rings. The van der Waals surface area contributed by atoms with Crippen molar-refractivity contribution in [2.24, 2.45) is 0 Å². The average Bonchev–Trinajstić information content (AvgIpc) is 3.16.